The second-order valence-electron chi connectivity index (χ2n) is 5.93. The van der Waals surface area contributed by atoms with Gasteiger partial charge in [-0.05, 0) is 17.2 Å². The Balaban J connectivity index is 0.00000104. The third-order valence-corrected chi connectivity index (χ3v) is 4.69. The van der Waals surface area contributed by atoms with Crippen LogP contribution < -0.4 is 5.32 Å². The highest BCUT2D eigenvalue weighted by Crippen LogP contribution is 2.43. The first-order chi connectivity index (χ1) is 10.8. The number of phenols is 1. The molecular formula is C18H20Cl2N2O2. The lowest BCUT2D eigenvalue weighted by Gasteiger charge is -2.43. The summed E-state index contributed by atoms with van der Waals surface area (Å²) in [4.78, 5) is 14.5. The van der Waals surface area contributed by atoms with E-state index in [-0.39, 0.29) is 48.4 Å². The van der Waals surface area contributed by atoms with Gasteiger partial charge in [0.05, 0.1) is 0 Å². The van der Waals surface area contributed by atoms with Crippen LogP contribution in [0, 0.1) is 0 Å². The number of hydrogen-bond donors (Lipinski definition) is 2. The molecular weight excluding hydrogens is 347 g/mol. The third-order valence-electron chi connectivity index (χ3n) is 4.69. The molecule has 2 aliphatic heterocycles. The lowest BCUT2D eigenvalue weighted by atomic mass is 9.80. The zero-order valence-corrected chi connectivity index (χ0v) is 14.6. The normalized spacial score (nSPS) is 22.2. The maximum Gasteiger partial charge on any atom is 0.242 e. The van der Waals surface area contributed by atoms with E-state index in [1.807, 2.05) is 30.3 Å². The van der Waals surface area contributed by atoms with E-state index in [1.165, 1.54) is 5.56 Å². The number of nitrogens with one attached hydrogen (secondary N) is 1. The molecule has 2 atom stereocenters. The zero-order valence-electron chi connectivity index (χ0n) is 13.0. The highest BCUT2D eigenvalue weighted by Gasteiger charge is 2.40. The molecule has 0 spiro atoms. The molecule has 0 radical (unpaired) electrons. The lowest BCUT2D eigenvalue weighted by Crippen LogP contribution is -2.53. The van der Waals surface area contributed by atoms with Crippen molar-refractivity contribution in [3.05, 3.63) is 65.2 Å². The van der Waals surface area contributed by atoms with Crippen LogP contribution in [0.25, 0.3) is 0 Å². The molecule has 0 aromatic heterocycles. The topological polar surface area (TPSA) is 52.6 Å². The number of amides is 1. The number of aromatic hydroxyl groups is 1. The summed E-state index contributed by atoms with van der Waals surface area (Å²) in [6.45, 7) is 2.28. The molecule has 6 heteroatoms. The fourth-order valence-corrected chi connectivity index (χ4v) is 3.72. The number of fused-ring (bicyclic) bond motifs is 3. The second kappa shape index (κ2) is 7.43. The first-order valence-corrected chi connectivity index (χ1v) is 7.64. The van der Waals surface area contributed by atoms with Gasteiger partial charge in [-0.15, -0.1) is 24.8 Å². The van der Waals surface area contributed by atoms with Crippen LogP contribution in [0.5, 0.6) is 5.75 Å². The Morgan fingerprint density at radius 3 is 2.54 bits per heavy atom. The van der Waals surface area contributed by atoms with Crippen molar-refractivity contribution in [2.45, 2.75) is 12.0 Å². The first-order valence-electron chi connectivity index (χ1n) is 7.64. The zero-order chi connectivity index (χ0) is 15.1. The standard InChI is InChI=1S/C18H18N2O2.2ClH/c21-15-8-4-7-13-16(15)14(12-5-2-1-3-6-12)11-20-10-9-19-18(22)17(13)20;;/h1-8,14,17,21H,9-11H2,(H,19,22);2*1H/t14-,17+;;/m0../s1. The van der Waals surface area contributed by atoms with Gasteiger partial charge in [0.1, 0.15) is 11.8 Å². The van der Waals surface area contributed by atoms with Crippen LogP contribution in [-0.4, -0.2) is 35.5 Å². The molecule has 0 aliphatic carbocycles. The van der Waals surface area contributed by atoms with Crippen molar-refractivity contribution < 1.29 is 9.90 Å². The minimum absolute atomic E-state index is 0. The van der Waals surface area contributed by atoms with Crippen LogP contribution in [0.15, 0.2) is 48.5 Å². The van der Waals surface area contributed by atoms with E-state index in [0.717, 1.165) is 24.2 Å². The van der Waals surface area contributed by atoms with Crippen molar-refractivity contribution in [1.82, 2.24) is 10.2 Å². The number of piperazine rings is 1. The Bertz CT molecular complexity index is 724. The minimum atomic E-state index is -0.282. The molecule has 1 saturated heterocycles. The summed E-state index contributed by atoms with van der Waals surface area (Å²) in [7, 11) is 0. The molecule has 4 nitrogen and oxygen atoms in total. The Labute approximate surface area is 153 Å². The Kier molecular flexibility index (Phi) is 5.75. The number of carbonyl (C=O) groups excluding carboxylic acids is 1. The van der Waals surface area contributed by atoms with Crippen molar-refractivity contribution in [3.63, 3.8) is 0 Å². The van der Waals surface area contributed by atoms with E-state index in [0.29, 0.717) is 6.54 Å². The Morgan fingerprint density at radius 1 is 1.04 bits per heavy atom. The van der Waals surface area contributed by atoms with Crippen molar-refractivity contribution in [2.75, 3.05) is 19.6 Å². The second-order valence-corrected chi connectivity index (χ2v) is 5.93. The molecule has 1 amide bonds. The smallest absolute Gasteiger partial charge is 0.242 e. The van der Waals surface area contributed by atoms with Gasteiger partial charge in [-0.25, -0.2) is 0 Å². The molecule has 2 aliphatic rings. The van der Waals surface area contributed by atoms with E-state index >= 15 is 0 Å². The first kappa shape index (κ1) is 18.6. The highest BCUT2D eigenvalue weighted by atomic mass is 35.5. The molecule has 2 N–H and O–H groups in total. The lowest BCUT2D eigenvalue weighted by molar-refractivity contribution is -0.129. The number of phenolic OH excluding ortho intramolecular Hbond substituents is 1. The Morgan fingerprint density at radius 2 is 1.79 bits per heavy atom. The quantitative estimate of drug-likeness (QED) is 0.815. The minimum Gasteiger partial charge on any atom is -0.508 e. The Hall–Kier alpha value is -1.75. The van der Waals surface area contributed by atoms with Gasteiger partial charge in [0.15, 0.2) is 0 Å². The molecule has 128 valence electrons. The summed E-state index contributed by atoms with van der Waals surface area (Å²) in [5.74, 6) is 0.411. The summed E-state index contributed by atoms with van der Waals surface area (Å²) >= 11 is 0. The molecule has 24 heavy (non-hydrogen) atoms. The van der Waals surface area contributed by atoms with Gasteiger partial charge in [0, 0.05) is 31.1 Å². The van der Waals surface area contributed by atoms with E-state index in [2.05, 4.69) is 22.3 Å². The molecule has 2 heterocycles. The van der Waals surface area contributed by atoms with Crippen LogP contribution in [0.2, 0.25) is 0 Å². The van der Waals surface area contributed by atoms with Crippen molar-refractivity contribution in [2.24, 2.45) is 0 Å². The van der Waals surface area contributed by atoms with Crippen molar-refractivity contribution in [1.29, 1.82) is 0 Å². The van der Waals surface area contributed by atoms with Gasteiger partial charge in [0.2, 0.25) is 5.91 Å². The SMILES string of the molecule is Cl.Cl.O=C1NCCN2C[C@@H](c3ccccc3)c3c(O)cccc3[C@H]12. The van der Waals surface area contributed by atoms with E-state index in [1.54, 1.807) is 6.07 Å². The number of carbonyl (C=O) groups is 1. The monoisotopic (exact) mass is 366 g/mol. The summed E-state index contributed by atoms with van der Waals surface area (Å²) < 4.78 is 0. The maximum atomic E-state index is 12.3. The van der Waals surface area contributed by atoms with Crippen LogP contribution in [0.1, 0.15) is 28.7 Å². The fraction of sp³-hybridized carbons (Fsp3) is 0.278. The van der Waals surface area contributed by atoms with Crippen molar-refractivity contribution in [3.8, 4) is 5.75 Å². The average Bonchev–Trinajstić information content (AvgIpc) is 2.55. The van der Waals surface area contributed by atoms with Crippen LogP contribution in [0.3, 0.4) is 0 Å². The molecule has 2 aromatic carbocycles. The van der Waals surface area contributed by atoms with E-state index in [4.69, 9.17) is 0 Å². The van der Waals surface area contributed by atoms with E-state index in [9.17, 15) is 9.90 Å². The highest BCUT2D eigenvalue weighted by molar-refractivity contribution is 5.86. The molecule has 2 aromatic rings. The van der Waals surface area contributed by atoms with Gasteiger partial charge in [-0.3, -0.25) is 9.69 Å². The van der Waals surface area contributed by atoms with Gasteiger partial charge in [-0.2, -0.15) is 0 Å². The number of halogens is 2. The average molecular weight is 367 g/mol. The number of benzene rings is 2. The molecule has 0 unspecified atom stereocenters. The third kappa shape index (κ3) is 2.97. The van der Waals surface area contributed by atoms with Crippen molar-refractivity contribution >= 4 is 30.7 Å². The maximum absolute atomic E-state index is 12.3. The molecule has 4 rings (SSSR count). The fourth-order valence-electron chi connectivity index (χ4n) is 3.72. The van der Waals surface area contributed by atoms with Gasteiger partial charge < -0.3 is 10.4 Å². The molecule has 0 saturated carbocycles. The van der Waals surface area contributed by atoms with Gasteiger partial charge in [-0.1, -0.05) is 42.5 Å². The summed E-state index contributed by atoms with van der Waals surface area (Å²) in [5.41, 5.74) is 3.00. The van der Waals surface area contributed by atoms with Gasteiger partial charge >= 0.3 is 0 Å². The van der Waals surface area contributed by atoms with E-state index < -0.39 is 0 Å². The number of hydrogen-bond acceptors (Lipinski definition) is 3. The molecule has 0 bridgehead atoms. The van der Waals surface area contributed by atoms with Gasteiger partial charge in [0.25, 0.3) is 0 Å². The molecule has 1 fully saturated rings. The predicted octanol–water partition coefficient (Wildman–Crippen LogP) is 2.85. The number of rotatable bonds is 1. The van der Waals surface area contributed by atoms with Crippen LogP contribution in [-0.2, 0) is 4.79 Å². The van der Waals surface area contributed by atoms with Crippen LogP contribution >= 0.6 is 24.8 Å². The predicted molar refractivity (Wildman–Crippen MR) is 98.2 cm³/mol. The summed E-state index contributed by atoms with van der Waals surface area (Å²) in [5, 5.41) is 13.3. The van der Waals surface area contributed by atoms with Crippen LogP contribution in [0.4, 0.5) is 0 Å². The number of nitrogens with zero attached hydrogens (tertiary/aromatic N) is 1. The summed E-state index contributed by atoms with van der Waals surface area (Å²) in [6, 6.07) is 15.4. The summed E-state index contributed by atoms with van der Waals surface area (Å²) in [6.07, 6.45) is 0. The largest absolute Gasteiger partial charge is 0.508 e.